The van der Waals surface area contributed by atoms with Gasteiger partial charge in [-0.3, -0.25) is 4.98 Å². The fraction of sp³-hybridized carbons (Fsp3) is 0.320. The van der Waals surface area contributed by atoms with E-state index in [-0.39, 0.29) is 0 Å². The first kappa shape index (κ1) is 23.7. The lowest BCUT2D eigenvalue weighted by Crippen LogP contribution is -2.12. The highest BCUT2D eigenvalue weighted by molar-refractivity contribution is 6.33. The molecule has 1 aromatic carbocycles. The van der Waals surface area contributed by atoms with Gasteiger partial charge in [0.1, 0.15) is 0 Å². The molecule has 0 aliphatic rings. The third kappa shape index (κ3) is 7.69. The molecule has 0 amide bonds. The number of halogens is 1. The zero-order chi connectivity index (χ0) is 22.1. The predicted octanol–water partition coefficient (Wildman–Crippen LogP) is 6.02. The number of hydrogen-bond acceptors (Lipinski definition) is 4. The molecule has 0 spiro atoms. The highest BCUT2D eigenvalue weighted by atomic mass is 35.5. The van der Waals surface area contributed by atoms with Gasteiger partial charge >= 0.3 is 0 Å². The molecule has 5 heteroatoms. The van der Waals surface area contributed by atoms with Crippen molar-refractivity contribution >= 4 is 17.3 Å². The van der Waals surface area contributed by atoms with Gasteiger partial charge in [0.05, 0.1) is 10.7 Å². The smallest absolute Gasteiger partial charge is 0.0641 e. The number of nitrogens with two attached hydrogens (primary N) is 1. The average Bonchev–Trinajstić information content (AvgIpc) is 2.71. The Bertz CT molecular complexity index is 898. The second kappa shape index (κ2) is 11.6. The van der Waals surface area contributed by atoms with Gasteiger partial charge in [0.15, 0.2) is 0 Å². The van der Waals surface area contributed by atoms with E-state index in [0.29, 0.717) is 17.1 Å². The molecule has 1 aromatic heterocycles. The van der Waals surface area contributed by atoms with E-state index in [1.165, 1.54) is 6.42 Å². The van der Waals surface area contributed by atoms with Crippen LogP contribution in [0, 0.1) is 0 Å². The van der Waals surface area contributed by atoms with Crippen molar-refractivity contribution in [2.45, 2.75) is 32.6 Å². The molecule has 0 aliphatic carbocycles. The van der Waals surface area contributed by atoms with Crippen molar-refractivity contribution in [1.29, 1.82) is 0 Å². The molecule has 0 radical (unpaired) electrons. The lowest BCUT2D eigenvalue weighted by Gasteiger charge is -2.14. The van der Waals surface area contributed by atoms with Crippen molar-refractivity contribution in [2.75, 3.05) is 26.0 Å². The van der Waals surface area contributed by atoms with Crippen molar-refractivity contribution < 1.29 is 0 Å². The summed E-state index contributed by atoms with van der Waals surface area (Å²) in [5.41, 5.74) is 12.1. The van der Waals surface area contributed by atoms with Gasteiger partial charge in [0.25, 0.3) is 0 Å². The van der Waals surface area contributed by atoms with E-state index < -0.39 is 0 Å². The monoisotopic (exact) mass is 424 g/mol. The minimum atomic E-state index is 0.619. The number of aryl methyl sites for hydroxylation is 1. The number of nitrogens with one attached hydrogen (secondary N) is 1. The Kier molecular flexibility index (Phi) is 9.15. The molecule has 30 heavy (non-hydrogen) atoms. The number of unbranched alkanes of at least 4 members (excludes halogenated alkanes) is 1. The second-order valence-electron chi connectivity index (χ2n) is 7.85. The van der Waals surface area contributed by atoms with Gasteiger partial charge in [-0.25, -0.2) is 0 Å². The third-order valence-corrected chi connectivity index (χ3v) is 5.17. The van der Waals surface area contributed by atoms with Crippen LogP contribution in [-0.2, 0) is 6.42 Å². The average molecular weight is 425 g/mol. The van der Waals surface area contributed by atoms with E-state index in [1.54, 1.807) is 0 Å². The summed E-state index contributed by atoms with van der Waals surface area (Å²) in [6.45, 7) is 10.9. The van der Waals surface area contributed by atoms with E-state index >= 15 is 0 Å². The van der Waals surface area contributed by atoms with Gasteiger partial charge in [-0.15, -0.1) is 0 Å². The Morgan fingerprint density at radius 3 is 2.53 bits per heavy atom. The van der Waals surface area contributed by atoms with E-state index in [1.807, 2.05) is 37.4 Å². The van der Waals surface area contributed by atoms with Crippen LogP contribution in [0.3, 0.4) is 0 Å². The standard InChI is InChI=1S/C25H33ClN4/c1-18(9-10-19(2)27)20(3)29-25-16-21(12-14-24(25)26)22-11-13-23(28-17-22)8-6-7-15-30(4)5/h9,11-14,16-17,29H,2-3,6-8,10,15,27H2,1,4-5H3/b18-9+. The number of benzene rings is 1. The van der Waals surface area contributed by atoms with Crippen LogP contribution < -0.4 is 11.1 Å². The molecule has 0 unspecified atom stereocenters. The Morgan fingerprint density at radius 2 is 1.90 bits per heavy atom. The highest BCUT2D eigenvalue weighted by Crippen LogP contribution is 2.30. The van der Waals surface area contributed by atoms with Gasteiger partial charge in [-0.2, -0.15) is 0 Å². The van der Waals surface area contributed by atoms with E-state index in [2.05, 4.69) is 54.6 Å². The van der Waals surface area contributed by atoms with Gasteiger partial charge in [-0.1, -0.05) is 43.0 Å². The minimum absolute atomic E-state index is 0.619. The molecule has 2 aromatic rings. The van der Waals surface area contributed by atoms with Gasteiger partial charge < -0.3 is 16.0 Å². The molecular weight excluding hydrogens is 392 g/mol. The molecule has 2 rings (SSSR count). The zero-order valence-corrected chi connectivity index (χ0v) is 19.1. The minimum Gasteiger partial charge on any atom is -0.402 e. The predicted molar refractivity (Wildman–Crippen MR) is 131 cm³/mol. The molecule has 0 saturated heterocycles. The summed E-state index contributed by atoms with van der Waals surface area (Å²) in [6.07, 6.45) is 7.87. The first-order valence-electron chi connectivity index (χ1n) is 10.2. The lowest BCUT2D eigenvalue weighted by molar-refractivity contribution is 0.394. The quantitative estimate of drug-likeness (QED) is 0.342. The van der Waals surface area contributed by atoms with E-state index in [9.17, 15) is 0 Å². The molecule has 0 bridgehead atoms. The molecule has 0 saturated carbocycles. The summed E-state index contributed by atoms with van der Waals surface area (Å²) in [6, 6.07) is 10.1. The molecule has 0 atom stereocenters. The summed E-state index contributed by atoms with van der Waals surface area (Å²) in [5.74, 6) is 0. The molecule has 1 heterocycles. The Hall–Kier alpha value is -2.56. The molecule has 160 valence electrons. The first-order chi connectivity index (χ1) is 14.3. The zero-order valence-electron chi connectivity index (χ0n) is 18.3. The number of pyridine rings is 1. The first-order valence-corrected chi connectivity index (χ1v) is 10.6. The molecule has 4 nitrogen and oxygen atoms in total. The van der Waals surface area contributed by atoms with Crippen molar-refractivity contribution in [3.8, 4) is 11.1 Å². The second-order valence-corrected chi connectivity index (χ2v) is 8.25. The third-order valence-electron chi connectivity index (χ3n) is 4.84. The summed E-state index contributed by atoms with van der Waals surface area (Å²) in [5, 5.41) is 3.95. The number of anilines is 1. The van der Waals surface area contributed by atoms with Crippen LogP contribution in [0.15, 0.2) is 72.7 Å². The number of hydrogen-bond donors (Lipinski definition) is 2. The summed E-state index contributed by atoms with van der Waals surface area (Å²) in [7, 11) is 4.21. The number of aromatic nitrogens is 1. The van der Waals surface area contributed by atoms with Crippen molar-refractivity contribution in [1.82, 2.24) is 9.88 Å². The van der Waals surface area contributed by atoms with Crippen molar-refractivity contribution in [2.24, 2.45) is 5.73 Å². The van der Waals surface area contributed by atoms with Crippen LogP contribution in [0.5, 0.6) is 0 Å². The molecule has 0 fully saturated rings. The fourth-order valence-electron chi connectivity index (χ4n) is 2.95. The fourth-order valence-corrected chi connectivity index (χ4v) is 3.11. The van der Waals surface area contributed by atoms with Crippen LogP contribution in [0.2, 0.25) is 5.02 Å². The van der Waals surface area contributed by atoms with E-state index in [0.717, 1.165) is 53.2 Å². The van der Waals surface area contributed by atoms with Crippen molar-refractivity contribution in [3.05, 3.63) is 83.4 Å². The van der Waals surface area contributed by atoms with Crippen LogP contribution in [0.4, 0.5) is 5.69 Å². The van der Waals surface area contributed by atoms with Crippen LogP contribution in [0.25, 0.3) is 11.1 Å². The number of allylic oxidation sites excluding steroid dienone is 2. The maximum Gasteiger partial charge on any atom is 0.0641 e. The lowest BCUT2D eigenvalue weighted by atomic mass is 10.1. The van der Waals surface area contributed by atoms with Crippen LogP contribution in [-0.4, -0.2) is 30.5 Å². The topological polar surface area (TPSA) is 54.2 Å². The summed E-state index contributed by atoms with van der Waals surface area (Å²) in [4.78, 5) is 6.85. The van der Waals surface area contributed by atoms with Crippen LogP contribution >= 0.6 is 11.6 Å². The Morgan fingerprint density at radius 1 is 1.17 bits per heavy atom. The van der Waals surface area contributed by atoms with Gasteiger partial charge in [-0.05, 0) is 76.2 Å². The van der Waals surface area contributed by atoms with Gasteiger partial charge in [0, 0.05) is 35.3 Å². The summed E-state index contributed by atoms with van der Waals surface area (Å²) >= 11 is 6.40. The largest absolute Gasteiger partial charge is 0.402 e. The Labute approximate surface area is 186 Å². The molecule has 0 aliphatic heterocycles. The number of nitrogens with zero attached hydrogens (tertiary/aromatic N) is 2. The Balaban J connectivity index is 2.06. The molecule has 3 N–H and O–H groups in total. The van der Waals surface area contributed by atoms with Crippen LogP contribution in [0.1, 0.15) is 31.9 Å². The van der Waals surface area contributed by atoms with E-state index in [4.69, 9.17) is 17.3 Å². The highest BCUT2D eigenvalue weighted by Gasteiger charge is 2.07. The summed E-state index contributed by atoms with van der Waals surface area (Å²) < 4.78 is 0. The SMILES string of the molecule is C=C(N)C/C=C(\C)C(=C)Nc1cc(-c2ccc(CCCCN(C)C)nc2)ccc1Cl. The molecular formula is C25H33ClN4. The maximum absolute atomic E-state index is 6.40. The number of rotatable bonds is 11. The van der Waals surface area contributed by atoms with Gasteiger partial charge in [0.2, 0.25) is 0 Å². The normalized spacial score (nSPS) is 11.6. The maximum atomic E-state index is 6.40. The van der Waals surface area contributed by atoms with Crippen molar-refractivity contribution in [3.63, 3.8) is 0 Å².